The van der Waals surface area contributed by atoms with Gasteiger partial charge >= 0.3 is 5.97 Å². The molecule has 2 atom stereocenters. The summed E-state index contributed by atoms with van der Waals surface area (Å²) < 4.78 is 0. The first-order valence-electron chi connectivity index (χ1n) is 6.57. The molecule has 19 heavy (non-hydrogen) atoms. The minimum Gasteiger partial charge on any atom is -0.481 e. The minimum absolute atomic E-state index is 0.121. The van der Waals surface area contributed by atoms with E-state index in [2.05, 4.69) is 10.3 Å². The molecule has 0 bridgehead atoms. The van der Waals surface area contributed by atoms with Crippen molar-refractivity contribution in [3.8, 4) is 0 Å². The van der Waals surface area contributed by atoms with Crippen LogP contribution in [0.25, 0.3) is 0 Å². The van der Waals surface area contributed by atoms with Gasteiger partial charge in [0.05, 0.1) is 17.4 Å². The smallest absolute Gasteiger partial charge is 0.307 e. The van der Waals surface area contributed by atoms with Crippen LogP contribution in [-0.2, 0) is 15.1 Å². The average molecular weight is 280 g/mol. The van der Waals surface area contributed by atoms with E-state index in [1.807, 2.05) is 5.38 Å². The van der Waals surface area contributed by atoms with Crippen LogP contribution < -0.4 is 5.32 Å². The second-order valence-corrected chi connectivity index (χ2v) is 6.30. The second kappa shape index (κ2) is 4.59. The van der Waals surface area contributed by atoms with Crippen molar-refractivity contribution in [1.82, 2.24) is 10.3 Å². The highest BCUT2D eigenvalue weighted by Crippen LogP contribution is 2.43. The van der Waals surface area contributed by atoms with Crippen LogP contribution in [0.1, 0.15) is 37.1 Å². The molecule has 1 aromatic heterocycles. The average Bonchev–Trinajstić information content (AvgIpc) is 2.79. The molecule has 5 nitrogen and oxygen atoms in total. The summed E-state index contributed by atoms with van der Waals surface area (Å²) in [6.45, 7) is 0. The van der Waals surface area contributed by atoms with E-state index in [1.54, 1.807) is 17.5 Å². The summed E-state index contributed by atoms with van der Waals surface area (Å²) in [6, 6.07) is 0. The third-order valence-electron chi connectivity index (χ3n) is 4.11. The Morgan fingerprint density at radius 3 is 2.63 bits per heavy atom. The number of amides is 1. The van der Waals surface area contributed by atoms with Gasteiger partial charge in [0.25, 0.3) is 0 Å². The molecule has 2 unspecified atom stereocenters. The molecule has 1 amide bonds. The summed E-state index contributed by atoms with van der Waals surface area (Å²) in [4.78, 5) is 27.4. The first-order chi connectivity index (χ1) is 9.12. The van der Waals surface area contributed by atoms with E-state index in [9.17, 15) is 9.59 Å². The molecule has 3 rings (SSSR count). The molecule has 2 aliphatic carbocycles. The molecular weight excluding hydrogens is 264 g/mol. The van der Waals surface area contributed by atoms with Crippen molar-refractivity contribution in [2.75, 3.05) is 0 Å². The third-order valence-corrected chi connectivity index (χ3v) is 5.08. The Labute approximate surface area is 115 Å². The summed E-state index contributed by atoms with van der Waals surface area (Å²) in [5, 5.41) is 14.8. The van der Waals surface area contributed by atoms with Gasteiger partial charge in [0.15, 0.2) is 0 Å². The Hall–Kier alpha value is -1.43. The lowest BCUT2D eigenvalue weighted by atomic mass is 9.98. The number of hydrogen-bond donors (Lipinski definition) is 2. The van der Waals surface area contributed by atoms with Gasteiger partial charge in [-0.2, -0.15) is 0 Å². The number of carboxylic acids is 1. The Bertz CT molecular complexity index is 494. The van der Waals surface area contributed by atoms with Gasteiger partial charge in [-0.3, -0.25) is 9.59 Å². The molecule has 1 aromatic rings. The number of carbonyl (C=O) groups excluding carboxylic acids is 1. The fourth-order valence-electron chi connectivity index (χ4n) is 2.92. The minimum atomic E-state index is -0.866. The van der Waals surface area contributed by atoms with Gasteiger partial charge in [0.1, 0.15) is 5.01 Å². The van der Waals surface area contributed by atoms with E-state index in [0.717, 1.165) is 30.7 Å². The highest BCUT2D eigenvalue weighted by molar-refractivity contribution is 7.09. The maximum absolute atomic E-state index is 12.2. The molecule has 0 spiro atoms. The maximum atomic E-state index is 12.2. The van der Waals surface area contributed by atoms with Crippen molar-refractivity contribution >= 4 is 23.2 Å². The first kappa shape index (κ1) is 12.6. The second-order valence-electron chi connectivity index (χ2n) is 5.40. The zero-order valence-corrected chi connectivity index (χ0v) is 11.3. The number of nitrogens with zero attached hydrogens (tertiary/aromatic N) is 1. The molecule has 0 radical (unpaired) electrons. The van der Waals surface area contributed by atoms with Crippen molar-refractivity contribution in [3.05, 3.63) is 16.6 Å². The predicted octanol–water partition coefficient (Wildman–Crippen LogP) is 1.75. The zero-order chi connectivity index (χ0) is 13.5. The van der Waals surface area contributed by atoms with Crippen molar-refractivity contribution < 1.29 is 14.7 Å². The number of rotatable bonds is 4. The topological polar surface area (TPSA) is 79.3 Å². The third kappa shape index (κ3) is 2.25. The van der Waals surface area contributed by atoms with Crippen LogP contribution in [-0.4, -0.2) is 22.0 Å². The zero-order valence-electron chi connectivity index (χ0n) is 10.5. The van der Waals surface area contributed by atoms with E-state index < -0.39 is 11.9 Å². The van der Waals surface area contributed by atoms with E-state index in [4.69, 9.17) is 5.11 Å². The molecule has 2 fully saturated rings. The van der Waals surface area contributed by atoms with Crippen LogP contribution in [0.15, 0.2) is 11.6 Å². The maximum Gasteiger partial charge on any atom is 0.307 e. The van der Waals surface area contributed by atoms with Crippen LogP contribution in [0.3, 0.4) is 0 Å². The molecule has 6 heteroatoms. The Kier molecular flexibility index (Phi) is 3.05. The number of aliphatic carboxylic acids is 1. The first-order valence-corrected chi connectivity index (χ1v) is 7.45. The van der Waals surface area contributed by atoms with Gasteiger partial charge in [-0.05, 0) is 19.3 Å². The number of aromatic nitrogens is 1. The molecule has 0 aliphatic heterocycles. The summed E-state index contributed by atoms with van der Waals surface area (Å²) in [7, 11) is 0. The predicted molar refractivity (Wildman–Crippen MR) is 69.6 cm³/mol. The van der Waals surface area contributed by atoms with Crippen LogP contribution in [0, 0.1) is 11.8 Å². The van der Waals surface area contributed by atoms with Gasteiger partial charge in [0, 0.05) is 11.6 Å². The molecule has 102 valence electrons. The van der Waals surface area contributed by atoms with Gasteiger partial charge < -0.3 is 10.4 Å². The number of thiazole rings is 1. The van der Waals surface area contributed by atoms with Crippen molar-refractivity contribution in [3.63, 3.8) is 0 Å². The highest BCUT2D eigenvalue weighted by atomic mass is 32.1. The SMILES string of the molecule is O=C(O)C1CC1C(=O)NC1(c2nccs2)CCCC1. The fourth-order valence-corrected chi connectivity index (χ4v) is 3.77. The summed E-state index contributed by atoms with van der Waals surface area (Å²) >= 11 is 1.56. The molecule has 1 heterocycles. The Morgan fingerprint density at radius 2 is 2.11 bits per heavy atom. The Morgan fingerprint density at radius 1 is 1.37 bits per heavy atom. The van der Waals surface area contributed by atoms with E-state index in [-0.39, 0.29) is 17.4 Å². The molecule has 2 N–H and O–H groups in total. The summed E-state index contributed by atoms with van der Waals surface area (Å²) in [5.74, 6) is -1.83. The van der Waals surface area contributed by atoms with E-state index >= 15 is 0 Å². The van der Waals surface area contributed by atoms with Crippen LogP contribution >= 0.6 is 11.3 Å². The largest absolute Gasteiger partial charge is 0.481 e. The van der Waals surface area contributed by atoms with Crippen molar-refractivity contribution in [1.29, 1.82) is 0 Å². The highest BCUT2D eigenvalue weighted by Gasteiger charge is 2.51. The monoisotopic (exact) mass is 280 g/mol. The lowest BCUT2D eigenvalue weighted by Gasteiger charge is -2.28. The van der Waals surface area contributed by atoms with Gasteiger partial charge in [-0.15, -0.1) is 11.3 Å². The van der Waals surface area contributed by atoms with E-state index in [1.165, 1.54) is 0 Å². The van der Waals surface area contributed by atoms with Gasteiger partial charge in [-0.25, -0.2) is 4.98 Å². The van der Waals surface area contributed by atoms with Crippen LogP contribution in [0.4, 0.5) is 0 Å². The molecule has 2 aliphatic rings. The number of hydrogen-bond acceptors (Lipinski definition) is 4. The van der Waals surface area contributed by atoms with Crippen LogP contribution in [0.5, 0.6) is 0 Å². The quantitative estimate of drug-likeness (QED) is 0.880. The number of nitrogens with one attached hydrogen (secondary N) is 1. The number of carboxylic acid groups (broad SMARTS) is 1. The summed E-state index contributed by atoms with van der Waals surface area (Å²) in [5.41, 5.74) is -0.350. The van der Waals surface area contributed by atoms with E-state index in [0.29, 0.717) is 6.42 Å². The molecular formula is C13H16N2O3S. The fraction of sp³-hybridized carbons (Fsp3) is 0.615. The standard InChI is InChI=1S/C13H16N2O3S/c16-10(8-7-9(8)11(17)18)15-13(3-1-2-4-13)12-14-5-6-19-12/h5-6,8-9H,1-4,7H2,(H,15,16)(H,17,18). The Balaban J connectivity index is 1.73. The lowest BCUT2D eigenvalue weighted by molar-refractivity contribution is -0.140. The molecule has 0 aromatic carbocycles. The van der Waals surface area contributed by atoms with Gasteiger partial charge in [0.2, 0.25) is 5.91 Å². The molecule has 2 saturated carbocycles. The lowest BCUT2D eigenvalue weighted by Crippen LogP contribution is -2.44. The normalized spacial score (nSPS) is 28.0. The van der Waals surface area contributed by atoms with Crippen LogP contribution in [0.2, 0.25) is 0 Å². The summed E-state index contributed by atoms with van der Waals surface area (Å²) in [6.07, 6.45) is 6.17. The molecule has 0 saturated heterocycles. The van der Waals surface area contributed by atoms with Crippen molar-refractivity contribution in [2.45, 2.75) is 37.6 Å². The van der Waals surface area contributed by atoms with Crippen molar-refractivity contribution in [2.24, 2.45) is 11.8 Å². The number of carbonyl (C=O) groups is 2. The van der Waals surface area contributed by atoms with Gasteiger partial charge in [-0.1, -0.05) is 12.8 Å².